The highest BCUT2D eigenvalue weighted by atomic mass is 32.2. The minimum absolute atomic E-state index is 0.0256. The van der Waals surface area contributed by atoms with Gasteiger partial charge >= 0.3 is 0 Å². The molecule has 0 bridgehead atoms. The topological polar surface area (TPSA) is 75.2 Å². The first-order chi connectivity index (χ1) is 14.9. The molecular formula is C22H18F2N4O2S. The maximum Gasteiger partial charge on any atom is 0.229 e. The van der Waals surface area contributed by atoms with Gasteiger partial charge in [-0.05, 0) is 60.6 Å². The summed E-state index contributed by atoms with van der Waals surface area (Å²) in [7, 11) is 0. The maximum atomic E-state index is 14.1. The Hall–Kier alpha value is -3.33. The van der Waals surface area contributed by atoms with Gasteiger partial charge in [-0.3, -0.25) is 9.59 Å². The Morgan fingerprint density at radius 3 is 2.65 bits per heavy atom. The number of nitrogens with one attached hydrogen (secondary N) is 1. The predicted octanol–water partition coefficient (Wildman–Crippen LogP) is 4.21. The third kappa shape index (κ3) is 4.72. The molecule has 2 aromatic carbocycles. The molecule has 3 aromatic rings. The van der Waals surface area contributed by atoms with E-state index in [4.69, 9.17) is 0 Å². The van der Waals surface area contributed by atoms with Crippen LogP contribution in [0, 0.1) is 24.5 Å². The van der Waals surface area contributed by atoms with Crippen molar-refractivity contribution in [3.8, 4) is 0 Å². The number of rotatable bonds is 5. The van der Waals surface area contributed by atoms with E-state index in [0.29, 0.717) is 10.8 Å². The fourth-order valence-corrected chi connectivity index (χ4v) is 4.14. The van der Waals surface area contributed by atoms with Crippen LogP contribution in [0.4, 0.5) is 20.2 Å². The van der Waals surface area contributed by atoms with Crippen molar-refractivity contribution in [3.63, 3.8) is 0 Å². The number of amides is 2. The summed E-state index contributed by atoms with van der Waals surface area (Å²) >= 11 is 1.41. The van der Waals surface area contributed by atoms with E-state index in [1.807, 2.05) is 19.1 Å². The largest absolute Gasteiger partial charge is 0.326 e. The number of hydrogen-bond donors (Lipinski definition) is 1. The summed E-state index contributed by atoms with van der Waals surface area (Å²) in [5.41, 5.74) is 1.45. The van der Waals surface area contributed by atoms with Crippen LogP contribution in [0.2, 0.25) is 0 Å². The van der Waals surface area contributed by atoms with E-state index in [9.17, 15) is 18.4 Å². The summed E-state index contributed by atoms with van der Waals surface area (Å²) in [5, 5.41) is 3.47. The van der Waals surface area contributed by atoms with E-state index in [1.54, 1.807) is 24.5 Å². The second-order valence-electron chi connectivity index (χ2n) is 7.10. The number of benzene rings is 2. The SMILES string of the molecule is Cc1cc(Sc2ncccn2)ccc1NC(=O)C1CC(=O)N(c2ccc(F)cc2F)C1. The van der Waals surface area contributed by atoms with Gasteiger partial charge in [0.25, 0.3) is 0 Å². The molecule has 1 aliphatic rings. The average Bonchev–Trinajstić information content (AvgIpc) is 3.12. The number of hydrogen-bond acceptors (Lipinski definition) is 5. The standard InChI is InChI=1S/C22H18F2N4O2S/c1-13-9-16(31-22-25-7-2-8-26-22)4-5-18(13)27-21(30)14-10-20(29)28(12-14)19-6-3-15(23)11-17(19)24/h2-9,11,14H,10,12H2,1H3,(H,27,30). The van der Waals surface area contributed by atoms with Gasteiger partial charge in [-0.15, -0.1) is 0 Å². The normalized spacial score (nSPS) is 15.9. The highest BCUT2D eigenvalue weighted by Crippen LogP contribution is 2.30. The van der Waals surface area contributed by atoms with Crippen LogP contribution in [0.15, 0.2) is 64.9 Å². The molecule has 31 heavy (non-hydrogen) atoms. The molecule has 158 valence electrons. The minimum Gasteiger partial charge on any atom is -0.326 e. The smallest absolute Gasteiger partial charge is 0.229 e. The lowest BCUT2D eigenvalue weighted by Crippen LogP contribution is -2.28. The number of anilines is 2. The van der Waals surface area contributed by atoms with Crippen molar-refractivity contribution in [1.29, 1.82) is 0 Å². The second kappa shape index (κ2) is 8.81. The molecule has 1 aliphatic heterocycles. The molecule has 0 radical (unpaired) electrons. The van der Waals surface area contributed by atoms with Crippen molar-refractivity contribution in [2.24, 2.45) is 5.92 Å². The Kier molecular flexibility index (Phi) is 5.94. The number of nitrogens with zero attached hydrogens (tertiary/aromatic N) is 3. The van der Waals surface area contributed by atoms with Gasteiger partial charge in [-0.25, -0.2) is 18.7 Å². The lowest BCUT2D eigenvalue weighted by Gasteiger charge is -2.18. The van der Waals surface area contributed by atoms with Crippen LogP contribution in [-0.4, -0.2) is 28.3 Å². The van der Waals surface area contributed by atoms with Gasteiger partial charge in [0.1, 0.15) is 11.6 Å². The second-order valence-corrected chi connectivity index (χ2v) is 8.14. The third-order valence-electron chi connectivity index (χ3n) is 4.90. The zero-order chi connectivity index (χ0) is 22.0. The molecule has 1 fully saturated rings. The van der Waals surface area contributed by atoms with Gasteiger partial charge in [-0.1, -0.05) is 0 Å². The average molecular weight is 440 g/mol. The highest BCUT2D eigenvalue weighted by molar-refractivity contribution is 7.99. The lowest BCUT2D eigenvalue weighted by atomic mass is 10.1. The van der Waals surface area contributed by atoms with Crippen molar-refractivity contribution >= 4 is 35.0 Å². The van der Waals surface area contributed by atoms with Gasteiger partial charge in [0.2, 0.25) is 11.8 Å². The maximum absolute atomic E-state index is 14.1. The number of carbonyl (C=O) groups excluding carboxylic acids is 2. The van der Waals surface area contributed by atoms with Crippen LogP contribution < -0.4 is 10.2 Å². The summed E-state index contributed by atoms with van der Waals surface area (Å²) in [5.74, 6) is -2.90. The molecule has 0 saturated carbocycles. The fraction of sp³-hybridized carbons (Fsp3) is 0.182. The molecule has 1 aromatic heterocycles. The summed E-state index contributed by atoms with van der Waals surface area (Å²) in [4.78, 5) is 35.5. The van der Waals surface area contributed by atoms with Crippen molar-refractivity contribution in [1.82, 2.24) is 9.97 Å². The zero-order valence-electron chi connectivity index (χ0n) is 16.5. The first-order valence-corrected chi connectivity index (χ1v) is 10.3. The lowest BCUT2D eigenvalue weighted by molar-refractivity contribution is -0.122. The van der Waals surface area contributed by atoms with Crippen molar-refractivity contribution in [2.45, 2.75) is 23.4 Å². The highest BCUT2D eigenvalue weighted by Gasteiger charge is 2.36. The molecule has 2 heterocycles. The van der Waals surface area contributed by atoms with Gasteiger partial charge in [-0.2, -0.15) is 0 Å². The van der Waals surface area contributed by atoms with E-state index in [2.05, 4.69) is 15.3 Å². The Balaban J connectivity index is 1.43. The van der Waals surface area contributed by atoms with Crippen molar-refractivity contribution in [3.05, 3.63) is 72.1 Å². The first kappa shape index (κ1) is 20.9. The predicted molar refractivity (Wildman–Crippen MR) is 113 cm³/mol. The Labute approximate surface area is 181 Å². The van der Waals surface area contributed by atoms with Gasteiger partial charge in [0.05, 0.1) is 11.6 Å². The van der Waals surface area contributed by atoms with Crippen molar-refractivity contribution in [2.75, 3.05) is 16.8 Å². The Morgan fingerprint density at radius 2 is 1.94 bits per heavy atom. The fourth-order valence-electron chi connectivity index (χ4n) is 3.33. The van der Waals surface area contributed by atoms with Crippen LogP contribution in [-0.2, 0) is 9.59 Å². The first-order valence-electron chi connectivity index (χ1n) is 9.52. The van der Waals surface area contributed by atoms with E-state index in [-0.39, 0.29) is 30.5 Å². The molecule has 1 saturated heterocycles. The Bertz CT molecular complexity index is 1140. The van der Waals surface area contributed by atoms with Gasteiger partial charge in [0.15, 0.2) is 5.16 Å². The molecule has 0 aliphatic carbocycles. The van der Waals surface area contributed by atoms with Crippen LogP contribution in [0.3, 0.4) is 0 Å². The van der Waals surface area contributed by atoms with Crippen LogP contribution in [0.25, 0.3) is 0 Å². The molecule has 1 N–H and O–H groups in total. The molecule has 0 spiro atoms. The Morgan fingerprint density at radius 1 is 1.16 bits per heavy atom. The number of halogens is 2. The molecule has 1 unspecified atom stereocenters. The molecular weight excluding hydrogens is 422 g/mol. The number of aryl methyl sites for hydroxylation is 1. The number of aromatic nitrogens is 2. The van der Waals surface area contributed by atoms with E-state index < -0.39 is 17.6 Å². The van der Waals surface area contributed by atoms with Crippen molar-refractivity contribution < 1.29 is 18.4 Å². The molecule has 6 nitrogen and oxygen atoms in total. The van der Waals surface area contributed by atoms with E-state index in [0.717, 1.165) is 22.6 Å². The molecule has 4 rings (SSSR count). The molecule has 9 heteroatoms. The molecule has 1 atom stereocenters. The summed E-state index contributed by atoms with van der Waals surface area (Å²) < 4.78 is 27.2. The zero-order valence-corrected chi connectivity index (χ0v) is 17.3. The summed E-state index contributed by atoms with van der Waals surface area (Å²) in [6, 6.07) is 10.3. The van der Waals surface area contributed by atoms with E-state index in [1.165, 1.54) is 22.7 Å². The molecule has 2 amide bonds. The monoisotopic (exact) mass is 440 g/mol. The van der Waals surface area contributed by atoms with Crippen LogP contribution in [0.1, 0.15) is 12.0 Å². The third-order valence-corrected chi connectivity index (χ3v) is 5.79. The van der Waals surface area contributed by atoms with Crippen LogP contribution in [0.5, 0.6) is 0 Å². The van der Waals surface area contributed by atoms with E-state index >= 15 is 0 Å². The quantitative estimate of drug-likeness (QED) is 0.602. The van der Waals surface area contributed by atoms with Gasteiger partial charge in [0, 0.05) is 42.0 Å². The number of carbonyl (C=O) groups is 2. The summed E-state index contributed by atoms with van der Waals surface area (Å²) in [6.45, 7) is 1.90. The summed E-state index contributed by atoms with van der Waals surface area (Å²) in [6.07, 6.45) is 3.29. The van der Waals surface area contributed by atoms with Gasteiger partial charge < -0.3 is 10.2 Å². The van der Waals surface area contributed by atoms with Crippen LogP contribution >= 0.6 is 11.8 Å². The minimum atomic E-state index is -0.833.